The van der Waals surface area contributed by atoms with Gasteiger partial charge in [0.2, 0.25) is 5.91 Å². The van der Waals surface area contributed by atoms with E-state index in [0.717, 1.165) is 6.08 Å². The zero-order chi connectivity index (χ0) is 22.3. The van der Waals surface area contributed by atoms with E-state index < -0.39 is 23.1 Å². The van der Waals surface area contributed by atoms with Gasteiger partial charge in [-0.05, 0) is 29.4 Å². The summed E-state index contributed by atoms with van der Waals surface area (Å²) in [5.74, 6) is -2.97. The number of carbonyl (C=O) groups is 3. The number of hydrogen-bond acceptors (Lipinski definition) is 4. The molecule has 2 N–H and O–H groups in total. The van der Waals surface area contributed by atoms with Crippen LogP contribution in [0.15, 0.2) is 48.8 Å². The highest BCUT2D eigenvalue weighted by molar-refractivity contribution is 6.05. The van der Waals surface area contributed by atoms with E-state index in [-0.39, 0.29) is 29.1 Å². The number of carboxylic acids is 2. The molecule has 0 aromatic rings. The molecule has 7 heteroatoms. The minimum atomic E-state index is -1.43. The van der Waals surface area contributed by atoms with Gasteiger partial charge in [-0.2, -0.15) is 0 Å². The molecule has 0 fully saturated rings. The molecule has 7 nitrogen and oxygen atoms in total. The zero-order valence-corrected chi connectivity index (χ0v) is 17.4. The van der Waals surface area contributed by atoms with Crippen molar-refractivity contribution in [3.63, 3.8) is 0 Å². The fourth-order valence-electron chi connectivity index (χ4n) is 3.16. The zero-order valence-electron chi connectivity index (χ0n) is 17.4. The topological polar surface area (TPSA) is 104 Å². The molecule has 0 saturated heterocycles. The Morgan fingerprint density at radius 1 is 1.04 bits per heavy atom. The second-order valence-corrected chi connectivity index (χ2v) is 8.31. The Bertz CT molecular complexity index is 700. The molecule has 0 aromatic heterocycles. The van der Waals surface area contributed by atoms with E-state index in [9.17, 15) is 14.4 Å². The molecule has 0 heterocycles. The fraction of sp³-hybridized carbons (Fsp3) is 0.476. The van der Waals surface area contributed by atoms with E-state index >= 15 is 0 Å². The van der Waals surface area contributed by atoms with Crippen LogP contribution in [-0.4, -0.2) is 53.2 Å². The summed E-state index contributed by atoms with van der Waals surface area (Å²) in [6.45, 7) is 19.2. The predicted molar refractivity (Wildman–Crippen MR) is 108 cm³/mol. The van der Waals surface area contributed by atoms with Gasteiger partial charge in [0.05, 0.1) is 17.8 Å². The van der Waals surface area contributed by atoms with Crippen molar-refractivity contribution in [2.75, 3.05) is 20.2 Å². The van der Waals surface area contributed by atoms with Crippen molar-refractivity contribution in [2.24, 2.45) is 10.8 Å². The number of rotatable bonds is 12. The number of aliphatic carboxylic acids is 2. The van der Waals surface area contributed by atoms with Crippen LogP contribution in [0.1, 0.15) is 34.1 Å². The van der Waals surface area contributed by atoms with Crippen molar-refractivity contribution in [3.05, 3.63) is 48.8 Å². The van der Waals surface area contributed by atoms with Crippen LogP contribution in [0.5, 0.6) is 0 Å². The molecule has 0 spiro atoms. The van der Waals surface area contributed by atoms with Crippen LogP contribution in [0, 0.1) is 10.8 Å². The summed E-state index contributed by atoms with van der Waals surface area (Å²) >= 11 is 0. The van der Waals surface area contributed by atoms with E-state index in [1.807, 2.05) is 27.7 Å². The molecular formula is C21H31NO6. The van der Waals surface area contributed by atoms with Crippen molar-refractivity contribution in [3.8, 4) is 0 Å². The quantitative estimate of drug-likeness (QED) is 0.300. The lowest BCUT2D eigenvalue weighted by molar-refractivity contribution is -0.136. The van der Waals surface area contributed by atoms with Gasteiger partial charge in [0, 0.05) is 13.6 Å². The van der Waals surface area contributed by atoms with Gasteiger partial charge in [-0.3, -0.25) is 4.79 Å². The molecule has 0 bridgehead atoms. The van der Waals surface area contributed by atoms with Gasteiger partial charge in [0.15, 0.2) is 0 Å². The molecule has 0 aromatic carbocycles. The third-order valence-electron chi connectivity index (χ3n) is 3.94. The molecule has 0 aliphatic carbocycles. The first-order valence-corrected chi connectivity index (χ1v) is 8.69. The molecule has 0 saturated carbocycles. The Morgan fingerprint density at radius 2 is 1.57 bits per heavy atom. The van der Waals surface area contributed by atoms with E-state index in [1.165, 1.54) is 6.08 Å². The summed E-state index contributed by atoms with van der Waals surface area (Å²) < 4.78 is 5.57. The number of likely N-dealkylation sites (N-methyl/N-ethyl adjacent to an activating group) is 1. The van der Waals surface area contributed by atoms with Gasteiger partial charge in [0.25, 0.3) is 0 Å². The van der Waals surface area contributed by atoms with Crippen LogP contribution in [0.4, 0.5) is 0 Å². The van der Waals surface area contributed by atoms with E-state index in [0.29, 0.717) is 13.0 Å². The third-order valence-corrected chi connectivity index (χ3v) is 3.94. The van der Waals surface area contributed by atoms with Gasteiger partial charge in [0.1, 0.15) is 5.76 Å². The molecular weight excluding hydrogens is 362 g/mol. The average molecular weight is 393 g/mol. The van der Waals surface area contributed by atoms with Crippen molar-refractivity contribution < 1.29 is 29.3 Å². The van der Waals surface area contributed by atoms with E-state index in [1.54, 1.807) is 11.9 Å². The van der Waals surface area contributed by atoms with Crippen LogP contribution in [0.3, 0.4) is 0 Å². The monoisotopic (exact) mass is 393 g/mol. The number of ether oxygens (including phenoxy) is 1. The second-order valence-electron chi connectivity index (χ2n) is 8.31. The first-order chi connectivity index (χ1) is 12.6. The molecule has 28 heavy (non-hydrogen) atoms. The summed E-state index contributed by atoms with van der Waals surface area (Å²) in [4.78, 5) is 35.5. The smallest absolute Gasteiger partial charge is 0.336 e. The summed E-state index contributed by atoms with van der Waals surface area (Å²) in [6, 6.07) is 0. The lowest BCUT2D eigenvalue weighted by Gasteiger charge is -2.37. The minimum absolute atomic E-state index is 0.0321. The first kappa shape index (κ1) is 25.2. The highest BCUT2D eigenvalue weighted by Crippen LogP contribution is 2.35. The number of hydrogen-bond donors (Lipinski definition) is 2. The van der Waals surface area contributed by atoms with Gasteiger partial charge in [-0.1, -0.05) is 47.4 Å². The third kappa shape index (κ3) is 8.70. The largest absolute Gasteiger partial charge is 0.494 e. The maximum absolute atomic E-state index is 11.7. The van der Waals surface area contributed by atoms with Crippen molar-refractivity contribution in [1.29, 1.82) is 0 Å². The Hall–Kier alpha value is -2.83. The number of carbonyl (C=O) groups excluding carboxylic acids is 1. The predicted octanol–water partition coefficient (Wildman–Crippen LogP) is 3.26. The highest BCUT2D eigenvalue weighted by atomic mass is 16.5. The van der Waals surface area contributed by atoms with Crippen LogP contribution in [0.2, 0.25) is 0 Å². The second kappa shape index (κ2) is 9.92. The fourth-order valence-corrected chi connectivity index (χ4v) is 3.16. The molecule has 0 radical (unpaired) electrons. The van der Waals surface area contributed by atoms with Crippen molar-refractivity contribution in [2.45, 2.75) is 34.1 Å². The number of nitrogens with zero attached hydrogens (tertiary/aromatic N) is 1. The van der Waals surface area contributed by atoms with Gasteiger partial charge in [-0.15, -0.1) is 0 Å². The first-order valence-electron chi connectivity index (χ1n) is 8.69. The van der Waals surface area contributed by atoms with Crippen molar-refractivity contribution in [1.82, 2.24) is 4.90 Å². The van der Waals surface area contributed by atoms with E-state index in [4.69, 9.17) is 14.9 Å². The van der Waals surface area contributed by atoms with Crippen LogP contribution >= 0.6 is 0 Å². The summed E-state index contributed by atoms with van der Waals surface area (Å²) in [6.07, 6.45) is 3.03. The Morgan fingerprint density at radius 3 is 2.00 bits per heavy atom. The number of carboxylic acid groups (broad SMARTS) is 2. The SMILES string of the molecule is C=CC(=O)N(C)CC(C)(C)CC(C)(C)COC(=C)/C=C(\C(=C)C(=O)O)C(=O)O. The van der Waals surface area contributed by atoms with E-state index in [2.05, 4.69) is 19.7 Å². The highest BCUT2D eigenvalue weighted by Gasteiger charge is 2.31. The average Bonchev–Trinajstić information content (AvgIpc) is 2.54. The van der Waals surface area contributed by atoms with Gasteiger partial charge < -0.3 is 19.8 Å². The lowest BCUT2D eigenvalue weighted by Crippen LogP contribution is -2.38. The molecule has 156 valence electrons. The van der Waals surface area contributed by atoms with Crippen LogP contribution in [0.25, 0.3) is 0 Å². The van der Waals surface area contributed by atoms with Crippen LogP contribution < -0.4 is 0 Å². The summed E-state index contributed by atoms with van der Waals surface area (Å²) in [5.41, 5.74) is -1.56. The lowest BCUT2D eigenvalue weighted by atomic mass is 9.75. The summed E-state index contributed by atoms with van der Waals surface area (Å²) in [5, 5.41) is 18.1. The van der Waals surface area contributed by atoms with Gasteiger partial charge in [-0.25, -0.2) is 9.59 Å². The van der Waals surface area contributed by atoms with Gasteiger partial charge >= 0.3 is 11.9 Å². The molecule has 0 atom stereocenters. The number of amides is 1. The molecule has 0 unspecified atom stereocenters. The maximum Gasteiger partial charge on any atom is 0.336 e. The standard InChI is InChI=1S/C21H31NO6/c1-9-17(23)22(8)12-20(4,5)11-21(6,7)13-28-14(2)10-16(19(26)27)15(3)18(24)25/h9-10H,1-3,11-13H2,4-8H3,(H,24,25)(H,26,27)/b16-10+. The Kier molecular flexibility index (Phi) is 8.92. The molecule has 0 rings (SSSR count). The normalized spacial score (nSPS) is 12.1. The molecule has 0 aliphatic rings. The van der Waals surface area contributed by atoms with Crippen molar-refractivity contribution >= 4 is 17.8 Å². The molecule has 1 amide bonds. The number of allylic oxidation sites excluding steroid dienone is 1. The Labute approximate surface area is 166 Å². The Balaban J connectivity index is 5.04. The maximum atomic E-state index is 11.7. The molecule has 0 aliphatic heterocycles. The minimum Gasteiger partial charge on any atom is -0.494 e. The van der Waals surface area contributed by atoms with Crippen LogP contribution in [-0.2, 0) is 19.1 Å². The summed E-state index contributed by atoms with van der Waals surface area (Å²) in [7, 11) is 1.71.